The molecular weight excluding hydrogens is 400 g/mol. The summed E-state index contributed by atoms with van der Waals surface area (Å²) in [5.74, 6) is 0. The van der Waals surface area contributed by atoms with Crippen LogP contribution in [-0.2, 0) is 14.1 Å². The molecule has 0 radical (unpaired) electrons. The van der Waals surface area contributed by atoms with E-state index in [4.69, 9.17) is 3.97 Å². The van der Waals surface area contributed by atoms with Gasteiger partial charge in [0.15, 0.2) is 0 Å². The van der Waals surface area contributed by atoms with Crippen molar-refractivity contribution in [3.8, 4) is 0 Å². The van der Waals surface area contributed by atoms with Crippen LogP contribution >= 0.6 is 7.13 Å². The Morgan fingerprint density at radius 3 is 1.19 bits per heavy atom. The molecule has 0 spiro atoms. The van der Waals surface area contributed by atoms with Crippen LogP contribution in [0.5, 0.6) is 0 Å². The summed E-state index contributed by atoms with van der Waals surface area (Å²) in [5.41, 5.74) is -5.49. The number of hydrogen-bond donors (Lipinski definition) is 0. The molecule has 162 valence electrons. The molecule has 0 aliphatic carbocycles. The van der Waals surface area contributed by atoms with E-state index in [0.29, 0.717) is 10.6 Å². The number of nitrogens with zero attached hydrogens (tertiary/aromatic N) is 2. The van der Waals surface area contributed by atoms with Gasteiger partial charge in [0.05, 0.1) is 0 Å². The van der Waals surface area contributed by atoms with Crippen molar-refractivity contribution in [3.63, 3.8) is 0 Å². The zero-order valence-corrected chi connectivity index (χ0v) is 19.6. The van der Waals surface area contributed by atoms with Crippen LogP contribution in [0.3, 0.4) is 0 Å². The maximum atomic E-state index is 13.4. The minimum absolute atomic E-state index is 0.224. The first kappa shape index (κ1) is 24.8. The molecular formula is C17H34F3N2O3PS. The molecule has 27 heavy (non-hydrogen) atoms. The summed E-state index contributed by atoms with van der Waals surface area (Å²) in [6.45, 7) is 18.3. The molecule has 0 atom stereocenters. The van der Waals surface area contributed by atoms with Gasteiger partial charge in [0.2, 0.25) is 0 Å². The van der Waals surface area contributed by atoms with Crippen LogP contribution in [0.4, 0.5) is 13.2 Å². The van der Waals surface area contributed by atoms with Crippen LogP contribution in [0.2, 0.25) is 0 Å². The summed E-state index contributed by atoms with van der Waals surface area (Å²) in [4.78, 5) is 0. The molecule has 0 saturated heterocycles. The van der Waals surface area contributed by atoms with E-state index in [2.05, 4.69) is 0 Å². The van der Waals surface area contributed by atoms with Crippen molar-refractivity contribution in [2.75, 3.05) is 0 Å². The van der Waals surface area contributed by atoms with Crippen molar-refractivity contribution in [1.29, 1.82) is 0 Å². The van der Waals surface area contributed by atoms with Crippen LogP contribution in [0.1, 0.15) is 69.2 Å². The second kappa shape index (κ2) is 7.24. The average molecular weight is 435 g/mol. The Morgan fingerprint density at radius 2 is 1.04 bits per heavy atom. The predicted molar refractivity (Wildman–Crippen MR) is 106 cm³/mol. The standard InChI is InChI=1S/C17H34F3N2O3PS/c1-11(2)21(12(3)4)26(15(9)16(26)10,22(13(5)6)14(7)8)25-27(23,24)17(18,19)20/h11-14H,1-10H3. The maximum absolute atomic E-state index is 13.4. The minimum atomic E-state index is -5.81. The number of allylic oxidation sites excluding steroid dienone is 2. The van der Waals surface area contributed by atoms with Gasteiger partial charge in [-0.1, -0.05) is 0 Å². The van der Waals surface area contributed by atoms with Crippen molar-refractivity contribution in [3.05, 3.63) is 10.6 Å². The Labute approximate surface area is 162 Å². The Balaban J connectivity index is 3.97. The zero-order valence-electron chi connectivity index (χ0n) is 17.9. The molecule has 10 heteroatoms. The number of halogens is 3. The summed E-state index contributed by atoms with van der Waals surface area (Å²) >= 11 is 0. The third kappa shape index (κ3) is 3.37. The molecule has 5 nitrogen and oxygen atoms in total. The Morgan fingerprint density at radius 1 is 0.778 bits per heavy atom. The molecule has 0 bridgehead atoms. The molecule has 1 rings (SSSR count). The van der Waals surface area contributed by atoms with Crippen molar-refractivity contribution in [2.24, 2.45) is 0 Å². The second-order valence-corrected chi connectivity index (χ2v) is 14.4. The van der Waals surface area contributed by atoms with Crippen molar-refractivity contribution in [2.45, 2.75) is 98.9 Å². The van der Waals surface area contributed by atoms with E-state index in [1.54, 1.807) is 13.8 Å². The van der Waals surface area contributed by atoms with Crippen molar-refractivity contribution >= 4 is 17.2 Å². The quantitative estimate of drug-likeness (QED) is 0.365. The summed E-state index contributed by atoms with van der Waals surface area (Å²) < 4.78 is 74.0. The van der Waals surface area contributed by atoms with Gasteiger partial charge in [0, 0.05) is 0 Å². The molecule has 1 aliphatic rings. The number of hydrogen-bond acceptors (Lipinski definition) is 5. The Kier molecular flexibility index (Phi) is 6.66. The first-order valence-electron chi connectivity index (χ1n) is 9.20. The first-order chi connectivity index (χ1) is 11.9. The van der Waals surface area contributed by atoms with E-state index in [1.807, 2.05) is 64.7 Å². The topological polar surface area (TPSA) is 49.9 Å². The predicted octanol–water partition coefficient (Wildman–Crippen LogP) is 5.65. The Hall–Kier alpha value is -0.210. The van der Waals surface area contributed by atoms with Crippen LogP contribution in [0.25, 0.3) is 0 Å². The van der Waals surface area contributed by atoms with Gasteiger partial charge in [-0.2, -0.15) is 0 Å². The Bertz CT molecular complexity index is 663. The third-order valence-corrected chi connectivity index (χ3v) is 14.1. The molecule has 1 heterocycles. The van der Waals surface area contributed by atoms with Gasteiger partial charge in [-0.05, 0) is 0 Å². The van der Waals surface area contributed by atoms with Gasteiger partial charge in [-0.15, -0.1) is 0 Å². The van der Waals surface area contributed by atoms with E-state index in [0.717, 1.165) is 0 Å². The van der Waals surface area contributed by atoms with Gasteiger partial charge >= 0.3 is 162 Å². The fourth-order valence-electron chi connectivity index (χ4n) is 4.72. The van der Waals surface area contributed by atoms with Gasteiger partial charge in [0.1, 0.15) is 0 Å². The summed E-state index contributed by atoms with van der Waals surface area (Å²) in [5, 5.41) is 1.22. The molecule has 0 amide bonds. The van der Waals surface area contributed by atoms with Crippen LogP contribution in [0.15, 0.2) is 10.6 Å². The molecule has 0 aromatic rings. The van der Waals surface area contributed by atoms with Crippen LogP contribution < -0.4 is 0 Å². The van der Waals surface area contributed by atoms with E-state index in [1.165, 1.54) is 0 Å². The monoisotopic (exact) mass is 434 g/mol. The van der Waals surface area contributed by atoms with E-state index >= 15 is 0 Å². The molecule has 0 saturated carbocycles. The number of rotatable bonds is 8. The fourth-order valence-corrected chi connectivity index (χ4v) is 14.7. The molecule has 0 aromatic carbocycles. The normalized spacial score (nSPS) is 21.7. The molecule has 0 fully saturated rings. The average Bonchev–Trinajstić information content (AvgIpc) is 2.83. The van der Waals surface area contributed by atoms with Crippen LogP contribution in [0, 0.1) is 0 Å². The van der Waals surface area contributed by atoms with Crippen molar-refractivity contribution in [1.82, 2.24) is 9.34 Å². The van der Waals surface area contributed by atoms with Gasteiger partial charge < -0.3 is 0 Å². The molecule has 1 aliphatic heterocycles. The fraction of sp³-hybridized carbons (Fsp3) is 0.882. The molecule has 0 unspecified atom stereocenters. The molecule has 0 N–H and O–H groups in total. The SMILES string of the molecule is CC1=C(C)P1(OS(=O)(=O)C(F)(F)F)(N(C(C)C)C(C)C)N(C(C)C)C(C)C. The summed E-state index contributed by atoms with van der Waals surface area (Å²) in [7, 11) is -10.1. The summed E-state index contributed by atoms with van der Waals surface area (Å²) in [6, 6.07) is -0.894. The first-order valence-corrected chi connectivity index (χ1v) is 12.7. The van der Waals surface area contributed by atoms with E-state index in [9.17, 15) is 21.6 Å². The van der Waals surface area contributed by atoms with E-state index in [-0.39, 0.29) is 24.2 Å². The second-order valence-electron chi connectivity index (χ2n) is 8.23. The summed E-state index contributed by atoms with van der Waals surface area (Å²) in [6.07, 6.45) is 0. The van der Waals surface area contributed by atoms with Gasteiger partial charge in [0.25, 0.3) is 0 Å². The zero-order chi connectivity index (χ0) is 21.8. The number of alkyl halides is 3. The molecule has 0 aromatic heterocycles. The van der Waals surface area contributed by atoms with Gasteiger partial charge in [-0.3, -0.25) is 0 Å². The van der Waals surface area contributed by atoms with E-state index < -0.39 is 22.8 Å². The third-order valence-electron chi connectivity index (χ3n) is 5.18. The van der Waals surface area contributed by atoms with Crippen LogP contribution in [-0.4, -0.2) is 47.4 Å². The van der Waals surface area contributed by atoms with Crippen molar-refractivity contribution < 1.29 is 25.6 Å². The van der Waals surface area contributed by atoms with Gasteiger partial charge in [-0.25, -0.2) is 0 Å².